The molecule has 0 unspecified atom stereocenters. The molecular weight excluding hydrogens is 242 g/mol. The zero-order valence-electron chi connectivity index (χ0n) is 10.1. The molecule has 0 amide bonds. The molecule has 2 aromatic rings. The Hall–Kier alpha value is -1.87. The largest absolute Gasteiger partial charge is 0.504 e. The maximum absolute atomic E-state index is 5.13. The van der Waals surface area contributed by atoms with Crippen molar-refractivity contribution in [3.8, 4) is 11.1 Å². The first-order valence-corrected chi connectivity index (χ1v) is 6.71. The van der Waals surface area contributed by atoms with Crippen LogP contribution in [0.2, 0.25) is 0 Å². The lowest BCUT2D eigenvalue weighted by molar-refractivity contribution is 0.339. The van der Waals surface area contributed by atoms with Gasteiger partial charge in [-0.2, -0.15) is 11.3 Å². The van der Waals surface area contributed by atoms with Gasteiger partial charge in [-0.1, -0.05) is 12.1 Å². The number of ether oxygens (including phenoxy) is 1. The molecule has 0 radical (unpaired) electrons. The van der Waals surface area contributed by atoms with Crippen molar-refractivity contribution in [2.45, 2.75) is 0 Å². The van der Waals surface area contributed by atoms with E-state index < -0.39 is 0 Å². The third kappa shape index (κ3) is 1.97. The van der Waals surface area contributed by atoms with Crippen LogP contribution in [0.25, 0.3) is 16.7 Å². The second-order valence-electron chi connectivity index (χ2n) is 4.16. The Morgan fingerprint density at radius 2 is 2.22 bits per heavy atom. The van der Waals surface area contributed by atoms with E-state index in [1.54, 1.807) is 24.7 Å². The Balaban J connectivity index is 2.11. The summed E-state index contributed by atoms with van der Waals surface area (Å²) in [6.45, 7) is 0.688. The van der Waals surface area contributed by atoms with Gasteiger partial charge in [-0.15, -0.1) is 0 Å². The standard InChI is InChI=1S/C15H13NOS/c1-17-9-14-8-16-7-12-3-2-11(6-15(12)14)13-4-5-18-10-13/h2-7,9-10H,8H2,1H3/b14-9-. The average molecular weight is 255 g/mol. The second-order valence-corrected chi connectivity index (χ2v) is 4.94. The fourth-order valence-corrected chi connectivity index (χ4v) is 2.79. The lowest BCUT2D eigenvalue weighted by Crippen LogP contribution is -2.02. The SMILES string of the molecule is CO/C=C1/CN=Cc2ccc(-c3ccsc3)cc21. The zero-order valence-corrected chi connectivity index (χ0v) is 10.9. The Morgan fingerprint density at radius 1 is 1.28 bits per heavy atom. The number of benzene rings is 1. The van der Waals surface area contributed by atoms with Crippen molar-refractivity contribution >= 4 is 23.1 Å². The summed E-state index contributed by atoms with van der Waals surface area (Å²) < 4.78 is 5.13. The van der Waals surface area contributed by atoms with E-state index in [2.05, 4.69) is 40.0 Å². The van der Waals surface area contributed by atoms with Crippen molar-refractivity contribution < 1.29 is 4.74 Å². The molecule has 18 heavy (non-hydrogen) atoms. The summed E-state index contributed by atoms with van der Waals surface area (Å²) in [5, 5.41) is 4.26. The lowest BCUT2D eigenvalue weighted by Gasteiger charge is -2.14. The summed E-state index contributed by atoms with van der Waals surface area (Å²) in [6.07, 6.45) is 3.71. The number of rotatable bonds is 2. The highest BCUT2D eigenvalue weighted by Crippen LogP contribution is 2.29. The zero-order chi connectivity index (χ0) is 12.4. The van der Waals surface area contributed by atoms with Gasteiger partial charge in [-0.25, -0.2) is 0 Å². The number of thiophene rings is 1. The molecule has 0 bridgehead atoms. The molecule has 90 valence electrons. The number of methoxy groups -OCH3 is 1. The number of nitrogens with zero attached hydrogens (tertiary/aromatic N) is 1. The van der Waals surface area contributed by atoms with E-state index in [9.17, 15) is 0 Å². The highest BCUT2D eigenvalue weighted by atomic mass is 32.1. The van der Waals surface area contributed by atoms with Crippen LogP contribution in [0.3, 0.4) is 0 Å². The molecule has 0 spiro atoms. The number of fused-ring (bicyclic) bond motifs is 1. The molecule has 0 saturated heterocycles. The molecule has 0 aliphatic carbocycles. The molecule has 0 fully saturated rings. The number of hydrogen-bond donors (Lipinski definition) is 0. The Morgan fingerprint density at radius 3 is 3.00 bits per heavy atom. The van der Waals surface area contributed by atoms with Crippen LogP contribution < -0.4 is 0 Å². The average Bonchev–Trinajstić information content (AvgIpc) is 2.93. The molecule has 0 N–H and O–H groups in total. The van der Waals surface area contributed by atoms with Crippen molar-refractivity contribution in [2.24, 2.45) is 4.99 Å². The van der Waals surface area contributed by atoms with Crippen LogP contribution in [0.5, 0.6) is 0 Å². The van der Waals surface area contributed by atoms with Gasteiger partial charge in [0.1, 0.15) is 0 Å². The predicted molar refractivity (Wildman–Crippen MR) is 77.2 cm³/mol. The predicted octanol–water partition coefficient (Wildman–Crippen LogP) is 3.83. The molecule has 3 rings (SSSR count). The first kappa shape index (κ1) is 11.2. The van der Waals surface area contributed by atoms with Crippen LogP contribution in [0.1, 0.15) is 11.1 Å². The maximum Gasteiger partial charge on any atom is 0.0881 e. The molecule has 0 atom stereocenters. The third-order valence-electron chi connectivity index (χ3n) is 3.01. The topological polar surface area (TPSA) is 21.6 Å². The van der Waals surface area contributed by atoms with E-state index in [4.69, 9.17) is 4.74 Å². The van der Waals surface area contributed by atoms with Gasteiger partial charge in [0.25, 0.3) is 0 Å². The first-order chi connectivity index (χ1) is 8.88. The van der Waals surface area contributed by atoms with Crippen LogP contribution >= 0.6 is 11.3 Å². The molecule has 2 nitrogen and oxygen atoms in total. The minimum atomic E-state index is 0.688. The lowest BCUT2D eigenvalue weighted by atomic mass is 9.95. The van der Waals surface area contributed by atoms with Crippen LogP contribution in [-0.4, -0.2) is 19.9 Å². The van der Waals surface area contributed by atoms with Crippen LogP contribution in [0, 0.1) is 0 Å². The van der Waals surface area contributed by atoms with Crippen molar-refractivity contribution in [2.75, 3.05) is 13.7 Å². The molecule has 2 heterocycles. The van der Waals surface area contributed by atoms with Crippen molar-refractivity contribution in [1.29, 1.82) is 0 Å². The van der Waals surface area contributed by atoms with Crippen molar-refractivity contribution in [3.63, 3.8) is 0 Å². The summed E-state index contributed by atoms with van der Waals surface area (Å²) in [4.78, 5) is 4.34. The first-order valence-electron chi connectivity index (χ1n) is 5.77. The summed E-state index contributed by atoms with van der Waals surface area (Å²) in [7, 11) is 1.67. The molecular formula is C15H13NOS. The molecule has 1 aromatic carbocycles. The third-order valence-corrected chi connectivity index (χ3v) is 3.69. The van der Waals surface area contributed by atoms with Crippen LogP contribution in [0.4, 0.5) is 0 Å². The highest BCUT2D eigenvalue weighted by Gasteiger charge is 2.12. The summed E-state index contributed by atoms with van der Waals surface area (Å²) in [6, 6.07) is 8.62. The van der Waals surface area contributed by atoms with Gasteiger partial charge in [0, 0.05) is 17.4 Å². The van der Waals surface area contributed by atoms with Gasteiger partial charge >= 0.3 is 0 Å². The fourth-order valence-electron chi connectivity index (χ4n) is 2.13. The molecule has 0 saturated carbocycles. The number of aliphatic imine (C=N–C) groups is 1. The van der Waals surface area contributed by atoms with Gasteiger partial charge in [0.05, 0.1) is 19.9 Å². The van der Waals surface area contributed by atoms with Crippen LogP contribution in [-0.2, 0) is 4.74 Å². The van der Waals surface area contributed by atoms with Gasteiger partial charge < -0.3 is 4.74 Å². The van der Waals surface area contributed by atoms with E-state index in [1.807, 2.05) is 6.21 Å². The van der Waals surface area contributed by atoms with Crippen molar-refractivity contribution in [3.05, 3.63) is 52.4 Å². The van der Waals surface area contributed by atoms with E-state index in [0.717, 1.165) is 11.1 Å². The minimum absolute atomic E-state index is 0.688. The molecule has 1 aliphatic rings. The molecule has 1 aromatic heterocycles. The van der Waals surface area contributed by atoms with Crippen molar-refractivity contribution in [1.82, 2.24) is 0 Å². The minimum Gasteiger partial charge on any atom is -0.504 e. The quantitative estimate of drug-likeness (QED) is 0.747. The van der Waals surface area contributed by atoms with Gasteiger partial charge in [-0.3, -0.25) is 4.99 Å². The van der Waals surface area contributed by atoms with Gasteiger partial charge in [0.2, 0.25) is 0 Å². The highest BCUT2D eigenvalue weighted by molar-refractivity contribution is 7.08. The Labute approximate surface area is 110 Å². The molecule has 3 heteroatoms. The summed E-state index contributed by atoms with van der Waals surface area (Å²) >= 11 is 1.72. The smallest absolute Gasteiger partial charge is 0.0881 e. The monoisotopic (exact) mass is 255 g/mol. The Kier molecular flexibility index (Phi) is 2.99. The Bertz CT molecular complexity index is 611. The summed E-state index contributed by atoms with van der Waals surface area (Å²) in [5.41, 5.74) is 6.01. The summed E-state index contributed by atoms with van der Waals surface area (Å²) in [5.74, 6) is 0. The normalized spacial score (nSPS) is 15.7. The second kappa shape index (κ2) is 4.78. The fraction of sp³-hybridized carbons (Fsp3) is 0.133. The van der Waals surface area contributed by atoms with Crippen LogP contribution in [0.15, 0.2) is 46.3 Å². The number of hydrogen-bond acceptors (Lipinski definition) is 3. The van der Waals surface area contributed by atoms with E-state index >= 15 is 0 Å². The van der Waals surface area contributed by atoms with Gasteiger partial charge in [-0.05, 0) is 39.6 Å². The maximum atomic E-state index is 5.13. The van der Waals surface area contributed by atoms with Gasteiger partial charge in [0.15, 0.2) is 0 Å². The van der Waals surface area contributed by atoms with E-state index in [1.165, 1.54) is 16.7 Å². The van der Waals surface area contributed by atoms with E-state index in [0.29, 0.717) is 6.54 Å². The molecule has 1 aliphatic heterocycles. The van der Waals surface area contributed by atoms with E-state index in [-0.39, 0.29) is 0 Å².